The van der Waals surface area contributed by atoms with Gasteiger partial charge in [0.05, 0.1) is 24.7 Å². The lowest BCUT2D eigenvalue weighted by atomic mass is 10.2. The minimum atomic E-state index is -0.000127. The van der Waals surface area contributed by atoms with E-state index in [-0.39, 0.29) is 6.61 Å². The largest absolute Gasteiger partial charge is 0.497 e. The summed E-state index contributed by atoms with van der Waals surface area (Å²) in [5, 5.41) is 14.8. The van der Waals surface area contributed by atoms with Gasteiger partial charge in [-0.2, -0.15) is 5.10 Å². The first-order valence-corrected chi connectivity index (χ1v) is 7.20. The molecule has 3 rings (SSSR count). The summed E-state index contributed by atoms with van der Waals surface area (Å²) in [6.07, 6.45) is 1.83. The number of aromatic nitrogens is 4. The quantitative estimate of drug-likeness (QED) is 0.729. The van der Waals surface area contributed by atoms with Crippen molar-refractivity contribution < 1.29 is 9.84 Å². The van der Waals surface area contributed by atoms with Gasteiger partial charge in [0.25, 0.3) is 0 Å². The Morgan fingerprint density at radius 1 is 1.23 bits per heavy atom. The van der Waals surface area contributed by atoms with Gasteiger partial charge in [-0.3, -0.25) is 0 Å². The maximum absolute atomic E-state index is 9.18. The fourth-order valence-corrected chi connectivity index (χ4v) is 2.57. The Morgan fingerprint density at radius 3 is 2.68 bits per heavy atom. The number of benzene rings is 1. The van der Waals surface area contributed by atoms with Crippen LogP contribution >= 0.6 is 11.6 Å². The summed E-state index contributed by atoms with van der Waals surface area (Å²) in [6.45, 7) is 0.555. The molecule has 0 amide bonds. The van der Waals surface area contributed by atoms with Crippen LogP contribution in [0.25, 0.3) is 11.0 Å². The molecule has 2 heterocycles. The van der Waals surface area contributed by atoms with Gasteiger partial charge >= 0.3 is 0 Å². The topological polar surface area (TPSA) is 73.1 Å². The maximum Gasteiger partial charge on any atom is 0.163 e. The highest BCUT2D eigenvalue weighted by atomic mass is 35.5. The summed E-state index contributed by atoms with van der Waals surface area (Å²) in [5.74, 6) is 0.806. The second-order valence-corrected chi connectivity index (χ2v) is 5.15. The zero-order valence-corrected chi connectivity index (χ0v) is 12.8. The summed E-state index contributed by atoms with van der Waals surface area (Å²) in [6, 6.07) is 7.75. The van der Waals surface area contributed by atoms with Crippen LogP contribution in [0.1, 0.15) is 11.3 Å². The Kier molecular flexibility index (Phi) is 4.22. The van der Waals surface area contributed by atoms with E-state index >= 15 is 0 Å². The minimum absolute atomic E-state index is 0.000127. The van der Waals surface area contributed by atoms with E-state index in [4.69, 9.17) is 16.3 Å². The fraction of sp³-hybridized carbons (Fsp3) is 0.267. The summed E-state index contributed by atoms with van der Waals surface area (Å²) in [7, 11) is 1.64. The monoisotopic (exact) mass is 318 g/mol. The molecule has 0 spiro atoms. The van der Waals surface area contributed by atoms with Gasteiger partial charge in [0.1, 0.15) is 17.2 Å². The van der Waals surface area contributed by atoms with E-state index < -0.39 is 0 Å². The van der Waals surface area contributed by atoms with E-state index in [1.165, 1.54) is 6.33 Å². The molecule has 0 radical (unpaired) electrons. The van der Waals surface area contributed by atoms with Crippen LogP contribution in [0.5, 0.6) is 5.75 Å². The van der Waals surface area contributed by atoms with E-state index in [9.17, 15) is 5.11 Å². The molecule has 0 fully saturated rings. The van der Waals surface area contributed by atoms with Crippen molar-refractivity contribution in [1.82, 2.24) is 19.7 Å². The number of hydrogen-bond acceptors (Lipinski definition) is 5. The van der Waals surface area contributed by atoms with E-state index in [2.05, 4.69) is 15.1 Å². The third-order valence-corrected chi connectivity index (χ3v) is 3.68. The smallest absolute Gasteiger partial charge is 0.163 e. The molecular formula is C15H15ClN4O2. The highest BCUT2D eigenvalue weighted by Gasteiger charge is 2.15. The Balaban J connectivity index is 2.01. The number of ether oxygens (including phenoxy) is 1. The van der Waals surface area contributed by atoms with E-state index in [1.807, 2.05) is 24.3 Å². The van der Waals surface area contributed by atoms with Crippen molar-refractivity contribution in [1.29, 1.82) is 0 Å². The van der Waals surface area contributed by atoms with Crippen LogP contribution in [0.2, 0.25) is 5.15 Å². The first-order valence-electron chi connectivity index (χ1n) is 6.82. The molecule has 7 heteroatoms. The second kappa shape index (κ2) is 6.29. The summed E-state index contributed by atoms with van der Waals surface area (Å²) < 4.78 is 6.93. The fourth-order valence-electron chi connectivity index (χ4n) is 2.34. The lowest BCUT2D eigenvalue weighted by Gasteiger charge is -2.04. The Bertz CT molecular complexity index is 786. The van der Waals surface area contributed by atoms with Crippen LogP contribution in [-0.2, 0) is 13.0 Å². The number of fused-ring (bicyclic) bond motifs is 1. The average Bonchev–Trinajstić information content (AvgIpc) is 2.88. The van der Waals surface area contributed by atoms with Crippen LogP contribution < -0.4 is 4.74 Å². The predicted molar refractivity (Wildman–Crippen MR) is 83.2 cm³/mol. The van der Waals surface area contributed by atoms with Gasteiger partial charge in [-0.1, -0.05) is 23.7 Å². The molecule has 6 nitrogen and oxygen atoms in total. The number of hydrogen-bond donors (Lipinski definition) is 1. The molecule has 0 aliphatic carbocycles. The molecule has 0 aliphatic heterocycles. The zero-order valence-electron chi connectivity index (χ0n) is 12.0. The van der Waals surface area contributed by atoms with Crippen molar-refractivity contribution in [2.75, 3.05) is 13.7 Å². The highest BCUT2D eigenvalue weighted by Crippen LogP contribution is 2.24. The normalized spacial score (nSPS) is 11.0. The molecule has 1 aromatic carbocycles. The molecule has 0 aliphatic rings. The molecule has 0 atom stereocenters. The summed E-state index contributed by atoms with van der Waals surface area (Å²) in [5.41, 5.74) is 2.44. The minimum Gasteiger partial charge on any atom is -0.497 e. The lowest BCUT2D eigenvalue weighted by Crippen LogP contribution is -2.03. The average molecular weight is 319 g/mol. The van der Waals surface area contributed by atoms with Crippen molar-refractivity contribution in [2.45, 2.75) is 13.0 Å². The summed E-state index contributed by atoms with van der Waals surface area (Å²) >= 11 is 6.15. The number of nitrogens with zero attached hydrogens (tertiary/aromatic N) is 4. The Morgan fingerprint density at radius 2 is 2.00 bits per heavy atom. The van der Waals surface area contributed by atoms with Crippen LogP contribution in [-0.4, -0.2) is 38.6 Å². The molecular weight excluding hydrogens is 304 g/mol. The number of halogens is 1. The van der Waals surface area contributed by atoms with Crippen molar-refractivity contribution >= 4 is 22.6 Å². The Hall–Kier alpha value is -2.18. The molecule has 22 heavy (non-hydrogen) atoms. The van der Waals surface area contributed by atoms with Crippen molar-refractivity contribution in [2.24, 2.45) is 0 Å². The Labute approximate surface area is 132 Å². The molecule has 0 saturated heterocycles. The van der Waals surface area contributed by atoms with E-state index in [0.29, 0.717) is 34.8 Å². The van der Waals surface area contributed by atoms with Crippen LogP contribution in [0.4, 0.5) is 0 Å². The van der Waals surface area contributed by atoms with Gasteiger partial charge in [-0.15, -0.1) is 0 Å². The maximum atomic E-state index is 9.18. The van der Waals surface area contributed by atoms with Gasteiger partial charge in [0.15, 0.2) is 5.65 Å². The number of methoxy groups -OCH3 is 1. The first-order chi connectivity index (χ1) is 10.7. The molecule has 114 valence electrons. The molecule has 0 bridgehead atoms. The van der Waals surface area contributed by atoms with Crippen molar-refractivity contribution in [3.63, 3.8) is 0 Å². The number of rotatable bonds is 5. The predicted octanol–water partition coefficient (Wildman–Crippen LogP) is 2.07. The van der Waals surface area contributed by atoms with Crippen LogP contribution in [0, 0.1) is 0 Å². The van der Waals surface area contributed by atoms with E-state index in [1.54, 1.807) is 11.8 Å². The SMILES string of the molecule is COc1ccc(Cn2nc(CCO)c3c(Cl)ncnc32)cc1. The lowest BCUT2D eigenvalue weighted by molar-refractivity contribution is 0.298. The van der Waals surface area contributed by atoms with Crippen molar-refractivity contribution in [3.05, 3.63) is 47.0 Å². The van der Waals surface area contributed by atoms with Crippen LogP contribution in [0.3, 0.4) is 0 Å². The molecule has 0 saturated carbocycles. The molecule has 3 aromatic rings. The van der Waals surface area contributed by atoms with Crippen molar-refractivity contribution in [3.8, 4) is 5.75 Å². The third kappa shape index (κ3) is 2.75. The highest BCUT2D eigenvalue weighted by molar-refractivity contribution is 6.34. The molecule has 2 aromatic heterocycles. The second-order valence-electron chi connectivity index (χ2n) is 4.79. The number of aliphatic hydroxyl groups excluding tert-OH is 1. The zero-order chi connectivity index (χ0) is 15.5. The van der Waals surface area contributed by atoms with E-state index in [0.717, 1.165) is 11.3 Å². The first kappa shape index (κ1) is 14.7. The molecule has 1 N–H and O–H groups in total. The number of aliphatic hydroxyl groups is 1. The molecule has 0 unspecified atom stereocenters. The van der Waals surface area contributed by atoms with Gasteiger partial charge < -0.3 is 9.84 Å². The standard InChI is InChI=1S/C15H15ClN4O2/c1-22-11-4-2-10(3-5-11)8-20-15-13(12(19-20)6-7-21)14(16)17-9-18-15/h2-5,9,21H,6-8H2,1H3. The summed E-state index contributed by atoms with van der Waals surface area (Å²) in [4.78, 5) is 8.27. The van der Waals surface area contributed by atoms with Gasteiger partial charge in [0.2, 0.25) is 0 Å². The third-order valence-electron chi connectivity index (χ3n) is 3.40. The van der Waals surface area contributed by atoms with Crippen LogP contribution in [0.15, 0.2) is 30.6 Å². The van der Waals surface area contributed by atoms with Gasteiger partial charge in [0, 0.05) is 13.0 Å². The van der Waals surface area contributed by atoms with Gasteiger partial charge in [-0.25, -0.2) is 14.6 Å². The van der Waals surface area contributed by atoms with Gasteiger partial charge in [-0.05, 0) is 17.7 Å².